The lowest BCUT2D eigenvalue weighted by molar-refractivity contribution is -0.0497. The summed E-state index contributed by atoms with van der Waals surface area (Å²) in [7, 11) is 0. The molecule has 2 heterocycles. The molecular formula is C22H18F2N4O2. The topological polar surface area (TPSA) is 67.7 Å². The van der Waals surface area contributed by atoms with Gasteiger partial charge in [0.2, 0.25) is 0 Å². The van der Waals surface area contributed by atoms with Crippen LogP contribution in [0.2, 0.25) is 0 Å². The van der Waals surface area contributed by atoms with E-state index in [1.807, 2.05) is 48.0 Å². The van der Waals surface area contributed by atoms with E-state index in [1.54, 1.807) is 18.2 Å². The summed E-state index contributed by atoms with van der Waals surface area (Å²) < 4.78 is 30.9. The number of halogens is 2. The number of carbonyl (C=O) groups is 1. The predicted octanol–water partition coefficient (Wildman–Crippen LogP) is 5.56. The molecule has 0 aliphatic carbocycles. The Labute approximate surface area is 171 Å². The number of carbonyl (C=O) groups excluding carboxylic acids is 1. The number of nitrogens with one attached hydrogen (secondary N) is 2. The van der Waals surface area contributed by atoms with Crippen molar-refractivity contribution < 1.29 is 18.3 Å². The summed E-state index contributed by atoms with van der Waals surface area (Å²) in [6.45, 7) is -0.919. The first-order valence-electron chi connectivity index (χ1n) is 9.15. The molecule has 0 fully saturated rings. The molecule has 0 bridgehead atoms. The van der Waals surface area contributed by atoms with Crippen molar-refractivity contribution >= 4 is 23.1 Å². The highest BCUT2D eigenvalue weighted by Crippen LogP contribution is 2.23. The first-order chi connectivity index (χ1) is 14.5. The molecule has 2 aromatic heterocycles. The smallest absolute Gasteiger partial charge is 0.387 e. The largest absolute Gasteiger partial charge is 0.435 e. The first kappa shape index (κ1) is 19.4. The molecule has 6 nitrogen and oxygen atoms in total. The minimum atomic E-state index is -2.93. The van der Waals surface area contributed by atoms with Crippen LogP contribution < -0.4 is 15.4 Å². The Balaban J connectivity index is 1.43. The maximum absolute atomic E-state index is 12.3. The van der Waals surface area contributed by atoms with Crippen LogP contribution in [0, 0.1) is 6.92 Å². The predicted molar refractivity (Wildman–Crippen MR) is 111 cm³/mol. The zero-order chi connectivity index (χ0) is 21.1. The summed E-state index contributed by atoms with van der Waals surface area (Å²) in [6.07, 6.45) is 3.90. The van der Waals surface area contributed by atoms with E-state index in [1.165, 1.54) is 18.2 Å². The molecule has 152 valence electrons. The molecule has 0 unspecified atom stereocenters. The van der Waals surface area contributed by atoms with E-state index in [9.17, 15) is 13.6 Å². The van der Waals surface area contributed by atoms with Crippen molar-refractivity contribution in [3.63, 3.8) is 0 Å². The van der Waals surface area contributed by atoms with Gasteiger partial charge in [0.25, 0.3) is 0 Å². The number of fused-ring (bicyclic) bond motifs is 1. The van der Waals surface area contributed by atoms with Gasteiger partial charge in [-0.1, -0.05) is 24.3 Å². The SMILES string of the molecule is Cc1cccn2cc(-c3ccc(NC(=O)Nc4cccc(OC(F)F)c4)cc3)nc12. The highest BCUT2D eigenvalue weighted by atomic mass is 19.3. The number of anilines is 2. The Morgan fingerprint density at radius 2 is 1.80 bits per heavy atom. The number of amides is 2. The number of aryl methyl sites for hydroxylation is 1. The minimum absolute atomic E-state index is 0.0326. The van der Waals surface area contributed by atoms with Crippen LogP contribution in [0.15, 0.2) is 73.1 Å². The van der Waals surface area contributed by atoms with Crippen LogP contribution in [0.4, 0.5) is 25.0 Å². The number of benzene rings is 2. The maximum Gasteiger partial charge on any atom is 0.387 e. The van der Waals surface area contributed by atoms with E-state index in [-0.39, 0.29) is 5.75 Å². The van der Waals surface area contributed by atoms with Gasteiger partial charge in [-0.2, -0.15) is 8.78 Å². The number of pyridine rings is 1. The highest BCUT2D eigenvalue weighted by molar-refractivity contribution is 5.99. The van der Waals surface area contributed by atoms with Crippen molar-refractivity contribution in [2.24, 2.45) is 0 Å². The zero-order valence-corrected chi connectivity index (χ0v) is 16.0. The van der Waals surface area contributed by atoms with Crippen molar-refractivity contribution in [1.82, 2.24) is 9.38 Å². The number of nitrogens with zero attached hydrogens (tertiary/aromatic N) is 2. The second-order valence-electron chi connectivity index (χ2n) is 6.61. The zero-order valence-electron chi connectivity index (χ0n) is 16.0. The molecule has 0 aliphatic heterocycles. The van der Waals surface area contributed by atoms with Crippen LogP contribution in [-0.2, 0) is 0 Å². The Hall–Kier alpha value is -3.94. The quantitative estimate of drug-likeness (QED) is 0.455. The van der Waals surface area contributed by atoms with Crippen molar-refractivity contribution in [1.29, 1.82) is 0 Å². The molecule has 8 heteroatoms. The van der Waals surface area contributed by atoms with Gasteiger partial charge < -0.3 is 19.8 Å². The molecule has 4 rings (SSSR count). The van der Waals surface area contributed by atoms with E-state index in [4.69, 9.17) is 0 Å². The molecule has 0 atom stereocenters. The van der Waals surface area contributed by atoms with Crippen molar-refractivity contribution in [3.05, 3.63) is 78.6 Å². The summed E-state index contributed by atoms with van der Waals surface area (Å²) in [5.41, 5.74) is 4.64. The van der Waals surface area contributed by atoms with Crippen molar-refractivity contribution in [3.8, 4) is 17.0 Å². The normalized spacial score (nSPS) is 10.9. The summed E-state index contributed by atoms with van der Waals surface area (Å²) in [5.74, 6) is -0.0326. The molecule has 0 spiro atoms. The summed E-state index contributed by atoms with van der Waals surface area (Å²) >= 11 is 0. The van der Waals surface area contributed by atoms with Gasteiger partial charge in [0, 0.05) is 35.4 Å². The van der Waals surface area contributed by atoms with E-state index >= 15 is 0 Å². The molecule has 0 saturated heterocycles. The Kier molecular flexibility index (Phi) is 5.30. The average Bonchev–Trinajstić information content (AvgIpc) is 3.14. The third-order valence-corrected chi connectivity index (χ3v) is 4.43. The first-order valence-corrected chi connectivity index (χ1v) is 9.15. The van der Waals surface area contributed by atoms with Gasteiger partial charge in [-0.15, -0.1) is 0 Å². The van der Waals surface area contributed by atoms with Gasteiger partial charge in [0.05, 0.1) is 5.69 Å². The standard InChI is InChI=1S/C22H18F2N4O2/c1-14-4-3-11-28-13-19(27-20(14)28)15-7-9-16(10-8-15)25-22(29)26-17-5-2-6-18(12-17)30-21(23)24/h2-13,21H,1H3,(H2,25,26,29). The van der Waals surface area contributed by atoms with Crippen LogP contribution in [0.5, 0.6) is 5.75 Å². The van der Waals surface area contributed by atoms with Gasteiger partial charge in [-0.05, 0) is 42.8 Å². The summed E-state index contributed by atoms with van der Waals surface area (Å²) in [6, 6.07) is 16.5. The molecule has 30 heavy (non-hydrogen) atoms. The van der Waals surface area contributed by atoms with Crippen molar-refractivity contribution in [2.75, 3.05) is 10.6 Å². The third-order valence-electron chi connectivity index (χ3n) is 4.43. The number of imidazole rings is 1. The van der Waals surface area contributed by atoms with Gasteiger partial charge in [-0.3, -0.25) is 0 Å². The molecule has 0 aliphatic rings. The molecule has 0 saturated carbocycles. The van der Waals surface area contributed by atoms with Gasteiger partial charge in [-0.25, -0.2) is 9.78 Å². The fourth-order valence-electron chi connectivity index (χ4n) is 3.06. The number of aromatic nitrogens is 2. The lowest BCUT2D eigenvalue weighted by atomic mass is 10.1. The van der Waals surface area contributed by atoms with E-state index < -0.39 is 12.6 Å². The molecule has 2 N–H and O–H groups in total. The van der Waals surface area contributed by atoms with Crippen LogP contribution >= 0.6 is 0 Å². The highest BCUT2D eigenvalue weighted by Gasteiger charge is 2.09. The maximum atomic E-state index is 12.3. The Bertz CT molecular complexity index is 1190. The number of urea groups is 1. The Morgan fingerprint density at radius 1 is 1.03 bits per heavy atom. The second-order valence-corrected chi connectivity index (χ2v) is 6.61. The number of ether oxygens (including phenoxy) is 1. The molecule has 4 aromatic rings. The van der Waals surface area contributed by atoms with Crippen LogP contribution in [-0.4, -0.2) is 22.0 Å². The van der Waals surface area contributed by atoms with Crippen LogP contribution in [0.25, 0.3) is 16.9 Å². The minimum Gasteiger partial charge on any atom is -0.435 e. The molecule has 2 amide bonds. The number of alkyl halides is 2. The number of hydrogen-bond acceptors (Lipinski definition) is 3. The van der Waals surface area contributed by atoms with Crippen LogP contribution in [0.1, 0.15) is 5.56 Å². The van der Waals surface area contributed by atoms with E-state index in [2.05, 4.69) is 20.4 Å². The lowest BCUT2D eigenvalue weighted by Gasteiger charge is -2.10. The fourth-order valence-corrected chi connectivity index (χ4v) is 3.06. The van der Waals surface area contributed by atoms with Gasteiger partial charge >= 0.3 is 12.6 Å². The molecule has 0 radical (unpaired) electrons. The molecular weight excluding hydrogens is 390 g/mol. The second kappa shape index (κ2) is 8.20. The van der Waals surface area contributed by atoms with Gasteiger partial charge in [0.1, 0.15) is 11.4 Å². The van der Waals surface area contributed by atoms with Gasteiger partial charge in [0.15, 0.2) is 0 Å². The lowest BCUT2D eigenvalue weighted by Crippen LogP contribution is -2.19. The number of hydrogen-bond donors (Lipinski definition) is 2. The summed E-state index contributed by atoms with van der Waals surface area (Å²) in [5, 5.41) is 5.28. The Morgan fingerprint density at radius 3 is 2.53 bits per heavy atom. The van der Waals surface area contributed by atoms with E-state index in [0.29, 0.717) is 11.4 Å². The number of rotatable bonds is 5. The monoisotopic (exact) mass is 408 g/mol. The fraction of sp³-hybridized carbons (Fsp3) is 0.0909. The third kappa shape index (κ3) is 4.38. The average molecular weight is 408 g/mol. The van der Waals surface area contributed by atoms with Crippen molar-refractivity contribution in [2.45, 2.75) is 13.5 Å². The van der Waals surface area contributed by atoms with E-state index in [0.717, 1.165) is 22.5 Å². The van der Waals surface area contributed by atoms with Crippen LogP contribution in [0.3, 0.4) is 0 Å². The summed E-state index contributed by atoms with van der Waals surface area (Å²) in [4.78, 5) is 16.9. The molecule has 2 aromatic carbocycles.